The van der Waals surface area contributed by atoms with Gasteiger partial charge in [-0.15, -0.1) is 0 Å². The van der Waals surface area contributed by atoms with Crippen LogP contribution in [-0.4, -0.2) is 43.3 Å². The summed E-state index contributed by atoms with van der Waals surface area (Å²) >= 11 is 0. The third-order valence-electron chi connectivity index (χ3n) is 4.16. The minimum Gasteiger partial charge on any atom is -0.479 e. The molecular weight excluding hydrogens is 320 g/mol. The van der Waals surface area contributed by atoms with Crippen LogP contribution in [-0.2, 0) is 9.53 Å². The summed E-state index contributed by atoms with van der Waals surface area (Å²) in [5.41, 5.74) is 1.99. The second-order valence-corrected chi connectivity index (χ2v) is 5.80. The number of hydrogen-bond donors (Lipinski definition) is 2. The van der Waals surface area contributed by atoms with Crippen LogP contribution in [0.1, 0.15) is 22.0 Å². The second-order valence-electron chi connectivity index (χ2n) is 5.80. The van der Waals surface area contributed by atoms with Gasteiger partial charge in [-0.25, -0.2) is 4.79 Å². The highest BCUT2D eigenvalue weighted by Gasteiger charge is 2.22. The van der Waals surface area contributed by atoms with E-state index < -0.39 is 17.9 Å². The Labute approximate surface area is 146 Å². The van der Waals surface area contributed by atoms with E-state index >= 15 is 0 Å². The van der Waals surface area contributed by atoms with E-state index in [1.54, 1.807) is 42.5 Å². The molecule has 1 atom stereocenters. The Bertz CT molecular complexity index is 725. The minimum absolute atomic E-state index is 0.412. The fourth-order valence-corrected chi connectivity index (χ4v) is 2.79. The highest BCUT2D eigenvalue weighted by atomic mass is 16.5. The number of rotatable bonds is 5. The van der Waals surface area contributed by atoms with Crippen LogP contribution < -0.4 is 10.2 Å². The van der Waals surface area contributed by atoms with E-state index in [-0.39, 0.29) is 0 Å². The lowest BCUT2D eigenvalue weighted by Gasteiger charge is -2.28. The molecule has 2 N–H and O–H groups in total. The van der Waals surface area contributed by atoms with Crippen LogP contribution in [0.3, 0.4) is 0 Å². The summed E-state index contributed by atoms with van der Waals surface area (Å²) in [5, 5.41) is 12.0. The molecule has 2 aromatic rings. The predicted octanol–water partition coefficient (Wildman–Crippen LogP) is 2.08. The van der Waals surface area contributed by atoms with Crippen LogP contribution in [0.5, 0.6) is 0 Å². The maximum absolute atomic E-state index is 12.4. The summed E-state index contributed by atoms with van der Waals surface area (Å²) in [5.74, 6) is -1.51. The van der Waals surface area contributed by atoms with E-state index in [1.807, 2.05) is 12.1 Å². The quantitative estimate of drug-likeness (QED) is 0.871. The summed E-state index contributed by atoms with van der Waals surface area (Å²) in [4.78, 5) is 26.1. The van der Waals surface area contributed by atoms with Gasteiger partial charge in [-0.05, 0) is 29.8 Å². The lowest BCUT2D eigenvalue weighted by molar-refractivity contribution is -0.139. The molecule has 3 rings (SSSR count). The third-order valence-corrected chi connectivity index (χ3v) is 4.16. The first-order valence-corrected chi connectivity index (χ1v) is 8.16. The molecule has 1 saturated heterocycles. The average molecular weight is 340 g/mol. The van der Waals surface area contributed by atoms with Crippen LogP contribution in [0.4, 0.5) is 5.69 Å². The molecule has 1 heterocycles. The zero-order chi connectivity index (χ0) is 17.6. The molecule has 1 aliphatic rings. The number of amides is 1. The molecule has 1 aliphatic heterocycles. The van der Waals surface area contributed by atoms with Gasteiger partial charge >= 0.3 is 5.97 Å². The Kier molecular flexibility index (Phi) is 5.30. The first kappa shape index (κ1) is 17.0. The lowest BCUT2D eigenvalue weighted by atomic mass is 10.1. The number of carbonyl (C=O) groups is 2. The topological polar surface area (TPSA) is 78.9 Å². The number of ether oxygens (including phenoxy) is 1. The summed E-state index contributed by atoms with van der Waals surface area (Å²) in [6.45, 7) is 3.03. The van der Waals surface area contributed by atoms with Crippen molar-refractivity contribution in [2.45, 2.75) is 6.04 Å². The van der Waals surface area contributed by atoms with Gasteiger partial charge in [0.15, 0.2) is 6.04 Å². The van der Waals surface area contributed by atoms with Gasteiger partial charge in [0.05, 0.1) is 13.2 Å². The molecule has 1 fully saturated rings. The number of morpholine rings is 1. The van der Waals surface area contributed by atoms with Crippen LogP contribution in [0.15, 0.2) is 54.6 Å². The molecule has 0 spiro atoms. The number of anilines is 1. The van der Waals surface area contributed by atoms with Crippen molar-refractivity contribution in [3.8, 4) is 0 Å². The standard InChI is InChI=1S/C19H20N2O4/c22-18(20-17(19(23)24)14-4-2-1-3-5-14)15-6-8-16(9-7-15)21-10-12-25-13-11-21/h1-9,17H,10-13H2,(H,20,22)(H,23,24). The number of hydrogen-bond acceptors (Lipinski definition) is 4. The molecule has 0 radical (unpaired) electrons. The van der Waals surface area contributed by atoms with Crippen molar-refractivity contribution in [1.82, 2.24) is 5.32 Å². The van der Waals surface area contributed by atoms with Gasteiger partial charge in [-0.3, -0.25) is 4.79 Å². The van der Waals surface area contributed by atoms with Crippen molar-refractivity contribution < 1.29 is 19.4 Å². The normalized spacial score (nSPS) is 15.4. The van der Waals surface area contributed by atoms with Gasteiger partial charge in [0.25, 0.3) is 5.91 Å². The molecule has 130 valence electrons. The molecule has 0 saturated carbocycles. The molecule has 0 bridgehead atoms. The van der Waals surface area contributed by atoms with Gasteiger partial charge < -0.3 is 20.1 Å². The highest BCUT2D eigenvalue weighted by molar-refractivity contribution is 5.97. The molecule has 1 amide bonds. The second kappa shape index (κ2) is 7.81. The number of benzene rings is 2. The Morgan fingerprint density at radius 2 is 1.64 bits per heavy atom. The Morgan fingerprint density at radius 3 is 2.24 bits per heavy atom. The number of aliphatic carboxylic acids is 1. The number of carbonyl (C=O) groups excluding carboxylic acids is 1. The minimum atomic E-state index is -1.09. The number of carboxylic acids is 1. The summed E-state index contributed by atoms with van der Waals surface area (Å²) in [6.07, 6.45) is 0. The monoisotopic (exact) mass is 340 g/mol. The van der Waals surface area contributed by atoms with Crippen LogP contribution >= 0.6 is 0 Å². The van der Waals surface area contributed by atoms with Crippen LogP contribution in [0.2, 0.25) is 0 Å². The van der Waals surface area contributed by atoms with Gasteiger partial charge in [0, 0.05) is 24.3 Å². The Morgan fingerprint density at radius 1 is 1.00 bits per heavy atom. The van der Waals surface area contributed by atoms with Gasteiger partial charge in [-0.1, -0.05) is 30.3 Å². The molecule has 0 aliphatic carbocycles. The maximum Gasteiger partial charge on any atom is 0.330 e. The largest absolute Gasteiger partial charge is 0.479 e. The number of nitrogens with zero attached hydrogens (tertiary/aromatic N) is 1. The molecule has 1 unspecified atom stereocenters. The summed E-state index contributed by atoms with van der Waals surface area (Å²) < 4.78 is 5.33. The third kappa shape index (κ3) is 4.16. The number of nitrogens with one attached hydrogen (secondary N) is 1. The van der Waals surface area contributed by atoms with E-state index in [0.29, 0.717) is 24.3 Å². The maximum atomic E-state index is 12.4. The average Bonchev–Trinajstić information content (AvgIpc) is 2.67. The van der Waals surface area contributed by atoms with E-state index in [2.05, 4.69) is 10.2 Å². The zero-order valence-electron chi connectivity index (χ0n) is 13.7. The fourth-order valence-electron chi connectivity index (χ4n) is 2.79. The zero-order valence-corrected chi connectivity index (χ0v) is 13.7. The van der Waals surface area contributed by atoms with E-state index in [0.717, 1.165) is 18.8 Å². The first-order valence-electron chi connectivity index (χ1n) is 8.16. The van der Waals surface area contributed by atoms with E-state index in [4.69, 9.17) is 4.74 Å². The van der Waals surface area contributed by atoms with Crippen molar-refractivity contribution in [1.29, 1.82) is 0 Å². The van der Waals surface area contributed by atoms with Crippen molar-refractivity contribution in [2.24, 2.45) is 0 Å². The highest BCUT2D eigenvalue weighted by Crippen LogP contribution is 2.18. The van der Waals surface area contributed by atoms with Crippen molar-refractivity contribution in [2.75, 3.05) is 31.2 Å². The smallest absolute Gasteiger partial charge is 0.330 e. The van der Waals surface area contributed by atoms with Crippen molar-refractivity contribution >= 4 is 17.6 Å². The molecule has 25 heavy (non-hydrogen) atoms. The van der Waals surface area contributed by atoms with Gasteiger partial charge in [0.1, 0.15) is 0 Å². The molecule has 0 aromatic heterocycles. The molecule has 6 nitrogen and oxygen atoms in total. The fraction of sp³-hybridized carbons (Fsp3) is 0.263. The van der Waals surface area contributed by atoms with E-state index in [9.17, 15) is 14.7 Å². The molecular formula is C19H20N2O4. The number of carboxylic acid groups (broad SMARTS) is 1. The van der Waals surface area contributed by atoms with Gasteiger partial charge in [-0.2, -0.15) is 0 Å². The van der Waals surface area contributed by atoms with Crippen molar-refractivity contribution in [3.63, 3.8) is 0 Å². The molecule has 6 heteroatoms. The Hall–Kier alpha value is -2.86. The molecule has 2 aromatic carbocycles. The summed E-state index contributed by atoms with van der Waals surface area (Å²) in [6, 6.07) is 14.7. The van der Waals surface area contributed by atoms with Crippen LogP contribution in [0, 0.1) is 0 Å². The van der Waals surface area contributed by atoms with Gasteiger partial charge in [0.2, 0.25) is 0 Å². The van der Waals surface area contributed by atoms with Crippen LogP contribution in [0.25, 0.3) is 0 Å². The van der Waals surface area contributed by atoms with Crippen molar-refractivity contribution in [3.05, 3.63) is 65.7 Å². The van der Waals surface area contributed by atoms with E-state index in [1.165, 1.54) is 0 Å². The SMILES string of the molecule is O=C(NC(C(=O)O)c1ccccc1)c1ccc(N2CCOCC2)cc1. The Balaban J connectivity index is 1.70. The first-order chi connectivity index (χ1) is 12.1. The lowest BCUT2D eigenvalue weighted by Crippen LogP contribution is -2.36. The summed E-state index contributed by atoms with van der Waals surface area (Å²) in [7, 11) is 0. The predicted molar refractivity (Wildman–Crippen MR) is 93.8 cm³/mol.